The molecule has 0 radical (unpaired) electrons. The number of para-hydroxylation sites is 1. The molecule has 4 rings (SSSR count). The molecule has 1 saturated heterocycles. The summed E-state index contributed by atoms with van der Waals surface area (Å²) in [6.45, 7) is 1.17. The van der Waals surface area contributed by atoms with Crippen molar-refractivity contribution in [2.75, 3.05) is 13.6 Å². The van der Waals surface area contributed by atoms with E-state index in [0.717, 1.165) is 17.5 Å². The minimum Gasteiger partial charge on any atom is -0.303 e. The zero-order valence-electron chi connectivity index (χ0n) is 14.0. The van der Waals surface area contributed by atoms with Crippen LogP contribution in [0.15, 0.2) is 60.8 Å². The number of rotatable bonds is 3. The quantitative estimate of drug-likeness (QED) is 0.730. The molecule has 1 aliphatic rings. The number of aromatic nitrogens is 1. The molecule has 2 aromatic carbocycles. The lowest BCUT2D eigenvalue weighted by Gasteiger charge is -2.18. The van der Waals surface area contributed by atoms with E-state index in [0.29, 0.717) is 6.04 Å². The molecule has 0 spiro atoms. The second-order valence-corrected chi connectivity index (χ2v) is 6.69. The van der Waals surface area contributed by atoms with Crippen LogP contribution >= 0.6 is 0 Å². The Labute approximate surface area is 142 Å². The van der Waals surface area contributed by atoms with Gasteiger partial charge in [-0.15, -0.1) is 0 Å². The molecule has 0 bridgehead atoms. The number of hydrogen-bond donors (Lipinski definition) is 0. The fourth-order valence-electron chi connectivity index (χ4n) is 3.79. The second kappa shape index (κ2) is 6.25. The van der Waals surface area contributed by atoms with Crippen LogP contribution in [0.2, 0.25) is 0 Å². The Morgan fingerprint density at radius 2 is 1.83 bits per heavy atom. The summed E-state index contributed by atoms with van der Waals surface area (Å²) in [7, 11) is 2.20. The minimum absolute atomic E-state index is 0.0397. The van der Waals surface area contributed by atoms with Gasteiger partial charge in [-0.1, -0.05) is 36.4 Å². The minimum atomic E-state index is 0.0397. The Morgan fingerprint density at radius 1 is 1.08 bits per heavy atom. The number of carbonyl (C=O) groups is 1. The third-order valence-electron chi connectivity index (χ3n) is 5.16. The molecule has 1 unspecified atom stereocenters. The third-order valence-corrected chi connectivity index (χ3v) is 5.16. The third kappa shape index (κ3) is 2.65. The van der Waals surface area contributed by atoms with Gasteiger partial charge in [-0.2, -0.15) is 0 Å². The van der Waals surface area contributed by atoms with E-state index >= 15 is 0 Å². The van der Waals surface area contributed by atoms with E-state index in [1.807, 2.05) is 53.2 Å². The van der Waals surface area contributed by atoms with Crippen molar-refractivity contribution in [3.05, 3.63) is 71.9 Å². The van der Waals surface area contributed by atoms with Gasteiger partial charge in [0, 0.05) is 23.2 Å². The van der Waals surface area contributed by atoms with E-state index in [1.165, 1.54) is 30.3 Å². The standard InChI is InChI=1S/C21H22N2O/c1-22-13-7-10-18(22)14-17-15-23(20-12-6-5-11-19(17)20)21(24)16-8-3-2-4-9-16/h2-6,8-9,11-12,15,18H,7,10,13-14H2,1H3. The van der Waals surface area contributed by atoms with Gasteiger partial charge >= 0.3 is 0 Å². The van der Waals surface area contributed by atoms with Gasteiger partial charge in [-0.3, -0.25) is 9.36 Å². The molecule has 1 atom stereocenters. The molecule has 0 aliphatic carbocycles. The lowest BCUT2D eigenvalue weighted by molar-refractivity contribution is 0.0965. The number of nitrogens with zero attached hydrogens (tertiary/aromatic N) is 2. The highest BCUT2D eigenvalue weighted by Crippen LogP contribution is 2.27. The van der Waals surface area contributed by atoms with Crippen molar-refractivity contribution in [2.24, 2.45) is 0 Å². The molecular weight excluding hydrogens is 296 g/mol. The largest absolute Gasteiger partial charge is 0.303 e. The van der Waals surface area contributed by atoms with Crippen LogP contribution < -0.4 is 0 Å². The van der Waals surface area contributed by atoms with Gasteiger partial charge in [0.1, 0.15) is 0 Å². The molecule has 3 aromatic rings. The molecule has 24 heavy (non-hydrogen) atoms. The number of fused-ring (bicyclic) bond motifs is 1. The smallest absolute Gasteiger partial charge is 0.262 e. The lowest BCUT2D eigenvalue weighted by atomic mass is 10.0. The van der Waals surface area contributed by atoms with E-state index in [9.17, 15) is 4.79 Å². The molecule has 1 fully saturated rings. The number of hydrogen-bond acceptors (Lipinski definition) is 2. The first kappa shape index (κ1) is 15.2. The van der Waals surface area contributed by atoms with Crippen molar-refractivity contribution in [2.45, 2.75) is 25.3 Å². The van der Waals surface area contributed by atoms with Gasteiger partial charge in [0.25, 0.3) is 5.91 Å². The first-order chi connectivity index (χ1) is 11.7. The van der Waals surface area contributed by atoms with Crippen LogP contribution in [0.25, 0.3) is 10.9 Å². The molecule has 1 aromatic heterocycles. The average molecular weight is 318 g/mol. The van der Waals surface area contributed by atoms with E-state index in [4.69, 9.17) is 0 Å². The number of likely N-dealkylation sites (tertiary alicyclic amines) is 1. The summed E-state index contributed by atoms with van der Waals surface area (Å²) in [5.74, 6) is 0.0397. The summed E-state index contributed by atoms with van der Waals surface area (Å²) < 4.78 is 1.81. The molecule has 1 aliphatic heterocycles. The maximum absolute atomic E-state index is 12.9. The predicted octanol–water partition coefficient (Wildman–Crippen LogP) is 3.97. The van der Waals surface area contributed by atoms with Crippen LogP contribution in [0.1, 0.15) is 28.8 Å². The Kier molecular flexibility index (Phi) is 3.95. The molecule has 0 amide bonds. The first-order valence-electron chi connectivity index (χ1n) is 8.63. The van der Waals surface area contributed by atoms with Crippen molar-refractivity contribution in [3.8, 4) is 0 Å². The van der Waals surface area contributed by atoms with Gasteiger partial charge in [0.2, 0.25) is 0 Å². The number of likely N-dealkylation sites (N-methyl/N-ethyl adjacent to an activating group) is 1. The highest BCUT2D eigenvalue weighted by atomic mass is 16.2. The lowest BCUT2D eigenvalue weighted by Crippen LogP contribution is -2.26. The molecule has 0 saturated carbocycles. The Hall–Kier alpha value is -2.39. The van der Waals surface area contributed by atoms with Crippen molar-refractivity contribution in [1.29, 1.82) is 0 Å². The fourth-order valence-corrected chi connectivity index (χ4v) is 3.79. The van der Waals surface area contributed by atoms with E-state index in [2.05, 4.69) is 24.1 Å². The first-order valence-corrected chi connectivity index (χ1v) is 8.63. The summed E-state index contributed by atoms with van der Waals surface area (Å²) in [5, 5.41) is 1.20. The normalized spacial score (nSPS) is 18.3. The van der Waals surface area contributed by atoms with Crippen LogP contribution in [0.5, 0.6) is 0 Å². The maximum Gasteiger partial charge on any atom is 0.262 e. The zero-order chi connectivity index (χ0) is 16.5. The number of benzene rings is 2. The van der Waals surface area contributed by atoms with E-state index < -0.39 is 0 Å². The highest BCUT2D eigenvalue weighted by Gasteiger charge is 2.23. The van der Waals surface area contributed by atoms with Crippen molar-refractivity contribution < 1.29 is 4.79 Å². The maximum atomic E-state index is 12.9. The molecule has 2 heterocycles. The highest BCUT2D eigenvalue weighted by molar-refractivity contribution is 6.03. The van der Waals surface area contributed by atoms with Crippen molar-refractivity contribution in [3.63, 3.8) is 0 Å². The van der Waals surface area contributed by atoms with E-state index in [1.54, 1.807) is 0 Å². The SMILES string of the molecule is CN1CCCC1Cc1cn(C(=O)c2ccccc2)c2ccccc12. The number of carbonyl (C=O) groups excluding carboxylic acids is 1. The van der Waals surface area contributed by atoms with Crippen molar-refractivity contribution >= 4 is 16.8 Å². The topological polar surface area (TPSA) is 25.2 Å². The van der Waals surface area contributed by atoms with Gasteiger partial charge in [-0.25, -0.2) is 0 Å². The van der Waals surface area contributed by atoms with Crippen molar-refractivity contribution in [1.82, 2.24) is 9.47 Å². The summed E-state index contributed by atoms with van der Waals surface area (Å²) in [4.78, 5) is 15.4. The average Bonchev–Trinajstić information content (AvgIpc) is 3.20. The summed E-state index contributed by atoms with van der Waals surface area (Å²) in [5.41, 5.74) is 3.00. The summed E-state index contributed by atoms with van der Waals surface area (Å²) >= 11 is 0. The fraction of sp³-hybridized carbons (Fsp3) is 0.286. The summed E-state index contributed by atoms with van der Waals surface area (Å²) in [6, 6.07) is 18.3. The zero-order valence-corrected chi connectivity index (χ0v) is 14.0. The Balaban J connectivity index is 1.75. The molecule has 3 heteroatoms. The van der Waals surface area contributed by atoms with E-state index in [-0.39, 0.29) is 5.91 Å². The van der Waals surface area contributed by atoms with Crippen LogP contribution in [0.3, 0.4) is 0 Å². The molecular formula is C21H22N2O. The molecule has 122 valence electrons. The van der Waals surface area contributed by atoms with Crippen LogP contribution in [0.4, 0.5) is 0 Å². The summed E-state index contributed by atoms with van der Waals surface area (Å²) in [6.07, 6.45) is 5.56. The second-order valence-electron chi connectivity index (χ2n) is 6.69. The predicted molar refractivity (Wildman–Crippen MR) is 97.5 cm³/mol. The van der Waals surface area contributed by atoms with Gasteiger partial charge < -0.3 is 4.90 Å². The van der Waals surface area contributed by atoms with Crippen LogP contribution in [-0.2, 0) is 6.42 Å². The Morgan fingerprint density at radius 3 is 2.58 bits per heavy atom. The van der Waals surface area contributed by atoms with Gasteiger partial charge in [-0.05, 0) is 56.6 Å². The van der Waals surface area contributed by atoms with Gasteiger partial charge in [0.15, 0.2) is 0 Å². The Bertz CT molecular complexity index is 866. The molecule has 0 N–H and O–H groups in total. The van der Waals surface area contributed by atoms with Crippen LogP contribution in [-0.4, -0.2) is 35.0 Å². The van der Waals surface area contributed by atoms with Gasteiger partial charge in [0.05, 0.1) is 5.52 Å². The van der Waals surface area contributed by atoms with Crippen LogP contribution in [0, 0.1) is 0 Å². The monoisotopic (exact) mass is 318 g/mol. The molecule has 3 nitrogen and oxygen atoms in total.